The smallest absolute Gasteiger partial charge is 0.313 e. The lowest BCUT2D eigenvalue weighted by atomic mass is 9.85. The Bertz CT molecular complexity index is 365. The van der Waals surface area contributed by atoms with Gasteiger partial charge in [0, 0.05) is 16.4 Å². The van der Waals surface area contributed by atoms with Gasteiger partial charge in [0.1, 0.15) is 0 Å². The summed E-state index contributed by atoms with van der Waals surface area (Å²) in [6.45, 7) is 4.62. The number of hydrogen-bond acceptors (Lipinski definition) is 1. The minimum absolute atomic E-state index is 0.148. The molecule has 0 saturated heterocycles. The Morgan fingerprint density at radius 1 is 1.47 bits per heavy atom. The van der Waals surface area contributed by atoms with E-state index in [1.807, 2.05) is 24.3 Å². The van der Waals surface area contributed by atoms with Crippen molar-refractivity contribution in [2.75, 3.05) is 6.54 Å². The summed E-state index contributed by atoms with van der Waals surface area (Å²) in [4.78, 5) is 10.6. The van der Waals surface area contributed by atoms with Gasteiger partial charge in [-0.25, -0.2) is 0 Å². The Morgan fingerprint density at radius 3 is 2.60 bits per heavy atom. The van der Waals surface area contributed by atoms with E-state index < -0.39 is 5.37 Å². The summed E-state index contributed by atoms with van der Waals surface area (Å²) in [6, 6.07) is 7.96. The maximum atomic E-state index is 10.6. The highest BCUT2D eigenvalue weighted by molar-refractivity contribution is 9.10. The summed E-state index contributed by atoms with van der Waals surface area (Å²) in [5.41, 5.74) is 1.00. The molecule has 0 bridgehead atoms. The van der Waals surface area contributed by atoms with E-state index in [0.717, 1.165) is 10.0 Å². The van der Waals surface area contributed by atoms with Gasteiger partial charge in [-0.2, -0.15) is 0 Å². The molecule has 1 aromatic rings. The largest absolute Gasteiger partial charge is 0.342 e. The first kappa shape index (κ1) is 12.5. The highest BCUT2D eigenvalue weighted by atomic mass is 79.9. The first-order valence-electron chi connectivity index (χ1n) is 4.62. The lowest BCUT2D eigenvalue weighted by molar-refractivity contribution is 0.257. The monoisotopic (exact) mass is 289 g/mol. The fourth-order valence-electron chi connectivity index (χ4n) is 1.40. The number of hydrogen-bond donors (Lipinski definition) is 1. The number of benzene rings is 1. The van der Waals surface area contributed by atoms with E-state index in [1.54, 1.807) is 0 Å². The molecule has 1 rings (SSSR count). The van der Waals surface area contributed by atoms with Crippen molar-refractivity contribution < 1.29 is 4.79 Å². The lowest BCUT2D eigenvalue weighted by Gasteiger charge is -2.26. The molecular formula is C11H13BrClNO. The molecule has 0 aromatic heterocycles. The Labute approximate surface area is 103 Å². The molecule has 15 heavy (non-hydrogen) atoms. The van der Waals surface area contributed by atoms with Gasteiger partial charge in [0.05, 0.1) is 0 Å². The zero-order valence-electron chi connectivity index (χ0n) is 8.68. The second-order valence-electron chi connectivity index (χ2n) is 3.99. The molecule has 0 radical (unpaired) electrons. The van der Waals surface area contributed by atoms with Gasteiger partial charge in [-0.15, -0.1) is 0 Å². The Hall–Kier alpha value is -0.540. The Kier molecular flexibility index (Phi) is 4.17. The minimum Gasteiger partial charge on any atom is -0.342 e. The van der Waals surface area contributed by atoms with Gasteiger partial charge in [-0.3, -0.25) is 4.79 Å². The summed E-state index contributed by atoms with van der Waals surface area (Å²) in [5.74, 6) is 0. The van der Waals surface area contributed by atoms with E-state index in [9.17, 15) is 4.79 Å². The number of nitrogens with one attached hydrogen (secondary N) is 1. The zero-order chi connectivity index (χ0) is 11.5. The summed E-state index contributed by atoms with van der Waals surface area (Å²) in [5, 5.41) is 2.10. The number of rotatable bonds is 3. The number of carbonyl (C=O) groups is 1. The SMILES string of the molecule is CC(C)(CNC(=O)Cl)c1ccccc1Br. The zero-order valence-corrected chi connectivity index (χ0v) is 11.0. The lowest BCUT2D eigenvalue weighted by Crippen LogP contribution is -2.34. The van der Waals surface area contributed by atoms with Gasteiger partial charge in [0.15, 0.2) is 0 Å². The van der Waals surface area contributed by atoms with Gasteiger partial charge in [0.2, 0.25) is 0 Å². The van der Waals surface area contributed by atoms with E-state index in [0.29, 0.717) is 6.54 Å². The number of carbonyl (C=O) groups excluding carboxylic acids is 1. The predicted octanol–water partition coefficient (Wildman–Crippen LogP) is 3.68. The molecule has 1 N–H and O–H groups in total. The van der Waals surface area contributed by atoms with Crippen molar-refractivity contribution >= 4 is 32.9 Å². The van der Waals surface area contributed by atoms with E-state index >= 15 is 0 Å². The molecule has 0 aliphatic carbocycles. The second kappa shape index (κ2) is 4.99. The van der Waals surface area contributed by atoms with E-state index in [-0.39, 0.29) is 5.41 Å². The van der Waals surface area contributed by atoms with Crippen LogP contribution in [0.25, 0.3) is 0 Å². The van der Waals surface area contributed by atoms with Crippen molar-refractivity contribution in [2.45, 2.75) is 19.3 Å². The molecule has 0 saturated carbocycles. The molecule has 1 aromatic carbocycles. The minimum atomic E-state index is -0.518. The van der Waals surface area contributed by atoms with Crippen LogP contribution in [0.3, 0.4) is 0 Å². The fourth-order valence-corrected chi connectivity index (χ4v) is 2.28. The average molecular weight is 291 g/mol. The van der Waals surface area contributed by atoms with E-state index in [1.165, 1.54) is 0 Å². The van der Waals surface area contributed by atoms with Crippen molar-refractivity contribution in [1.82, 2.24) is 5.32 Å². The van der Waals surface area contributed by atoms with Crippen LogP contribution < -0.4 is 5.32 Å². The molecule has 0 unspecified atom stereocenters. The van der Waals surface area contributed by atoms with Crippen molar-refractivity contribution in [1.29, 1.82) is 0 Å². The van der Waals surface area contributed by atoms with Crippen molar-refractivity contribution in [3.8, 4) is 0 Å². The van der Waals surface area contributed by atoms with Gasteiger partial charge in [0.25, 0.3) is 0 Å². The quantitative estimate of drug-likeness (QED) is 0.668. The summed E-state index contributed by atoms with van der Waals surface area (Å²) < 4.78 is 1.04. The van der Waals surface area contributed by atoms with Crippen LogP contribution in [0.1, 0.15) is 19.4 Å². The van der Waals surface area contributed by atoms with E-state index in [2.05, 4.69) is 35.1 Å². The summed E-state index contributed by atoms with van der Waals surface area (Å²) in [6.07, 6.45) is 0. The molecule has 82 valence electrons. The van der Waals surface area contributed by atoms with Gasteiger partial charge in [-0.05, 0) is 23.2 Å². The van der Waals surface area contributed by atoms with Gasteiger partial charge in [-0.1, -0.05) is 48.0 Å². The molecular weight excluding hydrogens is 277 g/mol. The van der Waals surface area contributed by atoms with Crippen LogP contribution in [0.2, 0.25) is 0 Å². The normalized spacial score (nSPS) is 11.2. The van der Waals surface area contributed by atoms with Gasteiger partial charge < -0.3 is 5.32 Å². The molecule has 1 amide bonds. The standard InChI is InChI=1S/C11H13BrClNO/c1-11(2,7-14-10(13)15)8-5-3-4-6-9(8)12/h3-6H,7H2,1-2H3,(H,14,15). The summed E-state index contributed by atoms with van der Waals surface area (Å²) in [7, 11) is 0. The number of halogens is 2. The first-order chi connectivity index (χ1) is 6.93. The highest BCUT2D eigenvalue weighted by Gasteiger charge is 2.23. The van der Waals surface area contributed by atoms with Crippen LogP contribution in [0, 0.1) is 0 Å². The molecule has 0 aliphatic rings. The third-order valence-corrected chi connectivity index (χ3v) is 3.10. The van der Waals surface area contributed by atoms with Crippen molar-refractivity contribution in [3.63, 3.8) is 0 Å². The third-order valence-electron chi connectivity index (χ3n) is 2.27. The van der Waals surface area contributed by atoms with E-state index in [4.69, 9.17) is 11.6 Å². The summed E-state index contributed by atoms with van der Waals surface area (Å²) >= 11 is 8.74. The molecule has 4 heteroatoms. The predicted molar refractivity (Wildman–Crippen MR) is 66.4 cm³/mol. The maximum absolute atomic E-state index is 10.6. The van der Waals surface area contributed by atoms with Gasteiger partial charge >= 0.3 is 5.37 Å². The first-order valence-corrected chi connectivity index (χ1v) is 5.79. The average Bonchev–Trinajstić information content (AvgIpc) is 2.15. The van der Waals surface area contributed by atoms with Crippen LogP contribution in [-0.4, -0.2) is 11.9 Å². The fraction of sp³-hybridized carbons (Fsp3) is 0.364. The Balaban J connectivity index is 2.85. The molecule has 0 fully saturated rings. The van der Waals surface area contributed by atoms with Crippen molar-refractivity contribution in [3.05, 3.63) is 34.3 Å². The highest BCUT2D eigenvalue weighted by Crippen LogP contribution is 2.29. The Morgan fingerprint density at radius 2 is 2.07 bits per heavy atom. The molecule has 0 aliphatic heterocycles. The molecule has 0 spiro atoms. The maximum Gasteiger partial charge on any atom is 0.313 e. The molecule has 2 nitrogen and oxygen atoms in total. The second-order valence-corrected chi connectivity index (χ2v) is 5.19. The topological polar surface area (TPSA) is 29.1 Å². The molecule has 0 atom stereocenters. The van der Waals surface area contributed by atoms with Crippen LogP contribution in [-0.2, 0) is 5.41 Å². The molecule has 0 heterocycles. The van der Waals surface area contributed by atoms with Crippen LogP contribution in [0.5, 0.6) is 0 Å². The number of amides is 1. The van der Waals surface area contributed by atoms with Crippen LogP contribution in [0.15, 0.2) is 28.7 Å². The van der Waals surface area contributed by atoms with Crippen LogP contribution >= 0.6 is 27.5 Å². The third kappa shape index (κ3) is 3.50. The van der Waals surface area contributed by atoms with Crippen LogP contribution in [0.4, 0.5) is 4.79 Å². The van der Waals surface area contributed by atoms with Crippen molar-refractivity contribution in [2.24, 2.45) is 0 Å².